The topological polar surface area (TPSA) is 75.0 Å². The van der Waals surface area contributed by atoms with Gasteiger partial charge in [0, 0.05) is 6.07 Å². The van der Waals surface area contributed by atoms with Gasteiger partial charge in [-0.3, -0.25) is 10.1 Å². The first-order chi connectivity index (χ1) is 11.4. The molecule has 0 atom stereocenters. The van der Waals surface area contributed by atoms with E-state index in [2.05, 4.69) is 10.3 Å². The van der Waals surface area contributed by atoms with Gasteiger partial charge in [0.15, 0.2) is 11.7 Å². The molecule has 1 heterocycles. The van der Waals surface area contributed by atoms with Crippen LogP contribution in [0, 0.1) is 18.3 Å². The molecule has 126 valence electrons. The number of nitriles is 1. The molecule has 0 aliphatic carbocycles. The van der Waals surface area contributed by atoms with Gasteiger partial charge in [-0.15, -0.1) is 0 Å². The van der Waals surface area contributed by atoms with Crippen LogP contribution in [0.25, 0.3) is 0 Å². The lowest BCUT2D eigenvalue weighted by Crippen LogP contribution is -2.20. The molecule has 5 nitrogen and oxygen atoms in total. The number of aromatic nitrogens is 1. The van der Waals surface area contributed by atoms with Crippen molar-refractivity contribution in [1.82, 2.24) is 4.98 Å². The Labute approximate surface area is 161 Å². The lowest BCUT2D eigenvalue weighted by Gasteiger charge is -2.08. The molecular weight excluding hydrogens is 413 g/mol. The zero-order chi connectivity index (χ0) is 17.7. The molecule has 1 amide bonds. The molecule has 2 rings (SSSR count). The van der Waals surface area contributed by atoms with Crippen molar-refractivity contribution in [2.75, 3.05) is 17.7 Å². The third kappa shape index (κ3) is 5.16. The van der Waals surface area contributed by atoms with Crippen LogP contribution in [0.4, 0.5) is 5.13 Å². The predicted octanol–water partition coefficient (Wildman–Crippen LogP) is 5.04. The third-order valence-corrected chi connectivity index (χ3v) is 5.92. The number of carbonyl (C=O) groups is 1. The largest absolute Gasteiger partial charge is 0.482 e. The van der Waals surface area contributed by atoms with E-state index in [9.17, 15) is 4.79 Å². The summed E-state index contributed by atoms with van der Waals surface area (Å²) in [6.45, 7) is 1.56. The van der Waals surface area contributed by atoms with E-state index in [-0.39, 0.29) is 28.3 Å². The number of halogens is 3. The highest BCUT2D eigenvalue weighted by atomic mass is 35.5. The maximum atomic E-state index is 12.0. The number of anilines is 1. The number of rotatable bonds is 6. The molecule has 10 heteroatoms. The van der Waals surface area contributed by atoms with Crippen molar-refractivity contribution in [3.8, 4) is 11.8 Å². The van der Waals surface area contributed by atoms with Crippen LogP contribution in [0.3, 0.4) is 0 Å². The number of nitrogens with zero attached hydrogens (tertiary/aromatic N) is 2. The van der Waals surface area contributed by atoms with Crippen LogP contribution in [-0.4, -0.2) is 23.3 Å². The minimum absolute atomic E-state index is 0.253. The molecule has 24 heavy (non-hydrogen) atoms. The standard InChI is InChI=1S/C14H10Cl3N3O2S2/c1-7-13(23-3-2-18)24-14(19-7)20-12(21)6-22-11-5-9(16)8(15)4-10(11)17/h4-5H,3,6H2,1H3,(H,19,20,21). The van der Waals surface area contributed by atoms with E-state index in [1.165, 1.54) is 35.2 Å². The van der Waals surface area contributed by atoms with Gasteiger partial charge in [0.1, 0.15) is 5.75 Å². The second-order valence-corrected chi connectivity index (χ2v) is 7.84. The average Bonchev–Trinajstić information content (AvgIpc) is 2.87. The second kappa shape index (κ2) is 8.79. The van der Waals surface area contributed by atoms with Crippen LogP contribution in [0.5, 0.6) is 5.75 Å². The Balaban J connectivity index is 1.94. The van der Waals surface area contributed by atoms with Gasteiger partial charge in [0.05, 0.1) is 36.8 Å². The fourth-order valence-corrected chi connectivity index (χ4v) is 3.99. The summed E-state index contributed by atoms with van der Waals surface area (Å²) >= 11 is 20.4. The minimum atomic E-state index is -0.386. The predicted molar refractivity (Wildman–Crippen MR) is 98.8 cm³/mol. The SMILES string of the molecule is Cc1nc(NC(=O)COc2cc(Cl)c(Cl)cc2Cl)sc1SCC#N. The highest BCUT2D eigenvalue weighted by molar-refractivity contribution is 8.01. The Hall–Kier alpha value is -1.17. The van der Waals surface area contributed by atoms with Crippen molar-refractivity contribution in [2.24, 2.45) is 0 Å². The molecule has 1 N–H and O–H groups in total. The average molecular weight is 423 g/mol. The zero-order valence-corrected chi connectivity index (χ0v) is 16.1. The van der Waals surface area contributed by atoms with E-state index in [1.807, 2.05) is 13.0 Å². The van der Waals surface area contributed by atoms with E-state index in [4.69, 9.17) is 44.8 Å². The Morgan fingerprint density at radius 2 is 2.08 bits per heavy atom. The second-order valence-electron chi connectivity index (χ2n) is 4.37. The Kier molecular flexibility index (Phi) is 7.02. The number of thioether (sulfide) groups is 1. The summed E-state index contributed by atoms with van der Waals surface area (Å²) in [6, 6.07) is 4.94. The van der Waals surface area contributed by atoms with Crippen molar-refractivity contribution in [1.29, 1.82) is 5.26 Å². The quantitative estimate of drug-likeness (QED) is 0.521. The fraction of sp³-hybridized carbons (Fsp3) is 0.214. The summed E-state index contributed by atoms with van der Waals surface area (Å²) in [7, 11) is 0. The molecule has 0 bridgehead atoms. The third-order valence-electron chi connectivity index (χ3n) is 2.60. The summed E-state index contributed by atoms with van der Waals surface area (Å²) in [5.41, 5.74) is 0.768. The number of ether oxygens (including phenoxy) is 1. The van der Waals surface area contributed by atoms with Gasteiger partial charge in [0.25, 0.3) is 5.91 Å². The number of benzene rings is 1. The molecule has 2 aromatic rings. The van der Waals surface area contributed by atoms with E-state index in [0.717, 1.165) is 9.90 Å². The number of hydrogen-bond acceptors (Lipinski definition) is 6. The first-order valence-electron chi connectivity index (χ1n) is 6.45. The molecule has 0 aliphatic rings. The molecule has 0 saturated heterocycles. The van der Waals surface area contributed by atoms with Crippen molar-refractivity contribution >= 4 is 68.9 Å². The number of hydrogen-bond donors (Lipinski definition) is 1. The van der Waals surface area contributed by atoms with E-state index in [0.29, 0.717) is 15.9 Å². The van der Waals surface area contributed by atoms with Crippen molar-refractivity contribution in [3.63, 3.8) is 0 Å². The van der Waals surface area contributed by atoms with Crippen molar-refractivity contribution in [3.05, 3.63) is 32.9 Å². The van der Waals surface area contributed by atoms with E-state index >= 15 is 0 Å². The molecule has 0 spiro atoms. The van der Waals surface area contributed by atoms with Gasteiger partial charge in [-0.1, -0.05) is 57.9 Å². The number of carbonyl (C=O) groups excluding carboxylic acids is 1. The van der Waals surface area contributed by atoms with E-state index in [1.54, 1.807) is 0 Å². The lowest BCUT2D eigenvalue weighted by atomic mass is 10.3. The summed E-state index contributed by atoms with van der Waals surface area (Å²) in [5.74, 6) is 0.208. The Morgan fingerprint density at radius 1 is 1.38 bits per heavy atom. The summed E-state index contributed by atoms with van der Waals surface area (Å²) in [4.78, 5) is 16.2. The molecule has 1 aromatic carbocycles. The monoisotopic (exact) mass is 421 g/mol. The lowest BCUT2D eigenvalue weighted by molar-refractivity contribution is -0.118. The smallest absolute Gasteiger partial charge is 0.264 e. The van der Waals surface area contributed by atoms with Crippen LogP contribution < -0.4 is 10.1 Å². The number of amides is 1. The van der Waals surface area contributed by atoms with Crippen molar-refractivity contribution < 1.29 is 9.53 Å². The van der Waals surface area contributed by atoms with Gasteiger partial charge in [-0.05, 0) is 13.0 Å². The first-order valence-corrected chi connectivity index (χ1v) is 9.38. The van der Waals surface area contributed by atoms with Crippen LogP contribution in [-0.2, 0) is 4.79 Å². The molecule has 0 fully saturated rings. The maximum Gasteiger partial charge on any atom is 0.264 e. The zero-order valence-electron chi connectivity index (χ0n) is 12.2. The molecule has 0 unspecified atom stereocenters. The fourth-order valence-electron chi connectivity index (χ4n) is 1.58. The van der Waals surface area contributed by atoms with Gasteiger partial charge >= 0.3 is 0 Å². The van der Waals surface area contributed by atoms with Crippen molar-refractivity contribution in [2.45, 2.75) is 11.1 Å². The van der Waals surface area contributed by atoms with Crippen LogP contribution in [0.2, 0.25) is 15.1 Å². The molecule has 0 radical (unpaired) electrons. The molecule has 0 aliphatic heterocycles. The van der Waals surface area contributed by atoms with E-state index < -0.39 is 0 Å². The summed E-state index contributed by atoms with van der Waals surface area (Å²) < 4.78 is 6.24. The molecule has 1 aromatic heterocycles. The molecule has 0 saturated carbocycles. The number of aryl methyl sites for hydroxylation is 1. The summed E-state index contributed by atoms with van der Waals surface area (Å²) in [5, 5.41) is 12.5. The normalized spacial score (nSPS) is 10.3. The summed E-state index contributed by atoms with van der Waals surface area (Å²) in [6.07, 6.45) is 0. The number of thiazole rings is 1. The van der Waals surface area contributed by atoms with Crippen LogP contribution >= 0.6 is 57.9 Å². The minimum Gasteiger partial charge on any atom is -0.482 e. The van der Waals surface area contributed by atoms with Gasteiger partial charge in [0.2, 0.25) is 0 Å². The van der Waals surface area contributed by atoms with Crippen LogP contribution in [0.1, 0.15) is 5.69 Å². The molecular formula is C14H10Cl3N3O2S2. The Bertz CT molecular complexity index is 805. The highest BCUT2D eigenvalue weighted by Gasteiger charge is 2.13. The van der Waals surface area contributed by atoms with Crippen LogP contribution in [0.15, 0.2) is 16.3 Å². The highest BCUT2D eigenvalue weighted by Crippen LogP contribution is 2.34. The Morgan fingerprint density at radius 3 is 2.79 bits per heavy atom. The van der Waals surface area contributed by atoms with Gasteiger partial charge in [-0.25, -0.2) is 4.98 Å². The first kappa shape index (κ1) is 19.2. The van der Waals surface area contributed by atoms with Gasteiger partial charge < -0.3 is 4.74 Å². The maximum absolute atomic E-state index is 12.0. The van der Waals surface area contributed by atoms with Gasteiger partial charge in [-0.2, -0.15) is 5.26 Å². The number of nitrogens with one attached hydrogen (secondary N) is 1.